The fourth-order valence-electron chi connectivity index (χ4n) is 3.69. The predicted octanol–water partition coefficient (Wildman–Crippen LogP) is 5.05. The maximum Gasteiger partial charge on any atom is 0.257 e. The van der Waals surface area contributed by atoms with Crippen LogP contribution in [0.4, 0.5) is 5.69 Å². The normalized spacial score (nSPS) is 16.3. The quantitative estimate of drug-likeness (QED) is 0.514. The van der Waals surface area contributed by atoms with Crippen LogP contribution < -0.4 is 9.64 Å². The van der Waals surface area contributed by atoms with Crippen LogP contribution in [0.25, 0.3) is 11.5 Å². The van der Waals surface area contributed by atoms with Gasteiger partial charge in [0.15, 0.2) is 5.82 Å². The first-order valence-corrected chi connectivity index (χ1v) is 10.5. The number of hydrogen-bond donors (Lipinski definition) is 0. The molecular formula is C24H27N3O3. The third kappa shape index (κ3) is 4.08. The number of rotatable bonds is 7. The minimum atomic E-state index is -0.0773. The molecule has 6 heteroatoms. The van der Waals surface area contributed by atoms with E-state index in [0.717, 1.165) is 35.4 Å². The largest absolute Gasteiger partial charge is 0.494 e. The van der Waals surface area contributed by atoms with E-state index < -0.39 is 0 Å². The molecule has 0 radical (unpaired) electrons. The van der Waals surface area contributed by atoms with Crippen molar-refractivity contribution in [2.24, 2.45) is 0 Å². The van der Waals surface area contributed by atoms with Gasteiger partial charge in [0.05, 0.1) is 6.61 Å². The number of nitrogens with zero attached hydrogens (tertiary/aromatic N) is 3. The lowest BCUT2D eigenvalue weighted by Crippen LogP contribution is -2.25. The van der Waals surface area contributed by atoms with Gasteiger partial charge in [0.2, 0.25) is 5.91 Å². The first kappa shape index (κ1) is 20.1. The van der Waals surface area contributed by atoms with Crippen LogP contribution in [0.1, 0.15) is 49.1 Å². The lowest BCUT2D eigenvalue weighted by Gasteiger charge is -2.19. The third-order valence-corrected chi connectivity index (χ3v) is 5.67. The van der Waals surface area contributed by atoms with Gasteiger partial charge in [-0.2, -0.15) is 4.98 Å². The molecule has 6 nitrogen and oxygen atoms in total. The molecule has 0 bridgehead atoms. The number of benzene rings is 2. The summed E-state index contributed by atoms with van der Waals surface area (Å²) < 4.78 is 11.2. The first-order valence-electron chi connectivity index (χ1n) is 10.5. The average molecular weight is 405 g/mol. The number of amides is 1. The van der Waals surface area contributed by atoms with E-state index in [1.54, 1.807) is 0 Å². The van der Waals surface area contributed by atoms with Gasteiger partial charge in [-0.3, -0.25) is 4.79 Å². The summed E-state index contributed by atoms with van der Waals surface area (Å²) in [5, 5.41) is 4.16. The Bertz CT molecular complexity index is 1030. The Labute approximate surface area is 176 Å². The van der Waals surface area contributed by atoms with Crippen molar-refractivity contribution >= 4 is 11.6 Å². The van der Waals surface area contributed by atoms with Gasteiger partial charge < -0.3 is 14.2 Å². The fourth-order valence-corrected chi connectivity index (χ4v) is 3.69. The van der Waals surface area contributed by atoms with Gasteiger partial charge >= 0.3 is 0 Å². The number of carbonyl (C=O) groups excluding carboxylic acids is 1. The van der Waals surface area contributed by atoms with E-state index in [-0.39, 0.29) is 11.8 Å². The smallest absolute Gasteiger partial charge is 0.257 e. The molecule has 0 aliphatic carbocycles. The summed E-state index contributed by atoms with van der Waals surface area (Å²) in [7, 11) is 0. The molecule has 1 aliphatic rings. The predicted molar refractivity (Wildman–Crippen MR) is 116 cm³/mol. The second-order valence-electron chi connectivity index (χ2n) is 7.81. The SMILES string of the molecule is CCCCOc1ccc(-c2nc(C3CC(=O)N(c4cccc(C)c4C)C3)no2)cc1. The van der Waals surface area contributed by atoms with Crippen molar-refractivity contribution in [3.8, 4) is 17.2 Å². The Morgan fingerprint density at radius 2 is 1.97 bits per heavy atom. The van der Waals surface area contributed by atoms with E-state index in [2.05, 4.69) is 30.1 Å². The fraction of sp³-hybridized carbons (Fsp3) is 0.375. The number of carbonyl (C=O) groups is 1. The summed E-state index contributed by atoms with van der Waals surface area (Å²) in [6.45, 7) is 7.52. The van der Waals surface area contributed by atoms with Crippen molar-refractivity contribution in [1.29, 1.82) is 0 Å². The van der Waals surface area contributed by atoms with Gasteiger partial charge in [0.1, 0.15) is 5.75 Å². The number of unbranched alkanes of at least 4 members (excludes halogenated alkanes) is 1. The summed E-state index contributed by atoms with van der Waals surface area (Å²) in [5.41, 5.74) is 4.10. The van der Waals surface area contributed by atoms with E-state index in [0.29, 0.717) is 31.3 Å². The van der Waals surface area contributed by atoms with Crippen molar-refractivity contribution in [3.63, 3.8) is 0 Å². The van der Waals surface area contributed by atoms with E-state index in [1.807, 2.05) is 48.2 Å². The molecule has 1 unspecified atom stereocenters. The average Bonchev–Trinajstić information content (AvgIpc) is 3.38. The zero-order valence-corrected chi connectivity index (χ0v) is 17.7. The van der Waals surface area contributed by atoms with Crippen LogP contribution in [-0.2, 0) is 4.79 Å². The van der Waals surface area contributed by atoms with Crippen LogP contribution in [0, 0.1) is 13.8 Å². The van der Waals surface area contributed by atoms with Crippen molar-refractivity contribution in [2.75, 3.05) is 18.1 Å². The Balaban J connectivity index is 1.47. The lowest BCUT2D eigenvalue weighted by molar-refractivity contribution is -0.117. The van der Waals surface area contributed by atoms with Crippen molar-refractivity contribution < 1.29 is 14.1 Å². The zero-order valence-electron chi connectivity index (χ0n) is 17.7. The van der Waals surface area contributed by atoms with E-state index in [1.165, 1.54) is 5.56 Å². The summed E-state index contributed by atoms with van der Waals surface area (Å²) in [5.74, 6) is 1.88. The Morgan fingerprint density at radius 1 is 1.17 bits per heavy atom. The molecule has 1 fully saturated rings. The molecule has 3 aromatic rings. The summed E-state index contributed by atoms with van der Waals surface area (Å²) in [6, 6.07) is 13.7. The number of hydrogen-bond acceptors (Lipinski definition) is 5. The molecule has 2 aromatic carbocycles. The Kier molecular flexibility index (Phi) is 5.84. The summed E-state index contributed by atoms with van der Waals surface area (Å²) in [4.78, 5) is 19.1. The molecule has 1 saturated heterocycles. The van der Waals surface area contributed by atoms with Gasteiger partial charge in [0, 0.05) is 30.1 Å². The molecule has 1 aromatic heterocycles. The van der Waals surface area contributed by atoms with Crippen LogP contribution in [0.15, 0.2) is 47.0 Å². The molecule has 1 amide bonds. The topological polar surface area (TPSA) is 68.5 Å². The second-order valence-corrected chi connectivity index (χ2v) is 7.81. The number of aromatic nitrogens is 2. The third-order valence-electron chi connectivity index (χ3n) is 5.67. The molecule has 1 aliphatic heterocycles. The van der Waals surface area contributed by atoms with Gasteiger partial charge in [-0.25, -0.2) is 0 Å². The van der Waals surface area contributed by atoms with Crippen LogP contribution in [0.5, 0.6) is 5.75 Å². The maximum absolute atomic E-state index is 12.7. The minimum absolute atomic E-state index is 0.0773. The molecule has 0 spiro atoms. The van der Waals surface area contributed by atoms with E-state index in [4.69, 9.17) is 9.26 Å². The van der Waals surface area contributed by atoms with Crippen molar-refractivity contribution in [1.82, 2.24) is 10.1 Å². The van der Waals surface area contributed by atoms with E-state index in [9.17, 15) is 4.79 Å². The highest BCUT2D eigenvalue weighted by atomic mass is 16.5. The van der Waals surface area contributed by atoms with Gasteiger partial charge in [0.25, 0.3) is 5.89 Å². The van der Waals surface area contributed by atoms with Gasteiger partial charge in [-0.15, -0.1) is 0 Å². The van der Waals surface area contributed by atoms with Gasteiger partial charge in [-0.05, 0) is 61.7 Å². The Morgan fingerprint density at radius 3 is 2.73 bits per heavy atom. The van der Waals surface area contributed by atoms with Crippen molar-refractivity contribution in [3.05, 3.63) is 59.4 Å². The molecule has 4 rings (SSSR count). The van der Waals surface area contributed by atoms with Crippen LogP contribution >= 0.6 is 0 Å². The minimum Gasteiger partial charge on any atom is -0.494 e. The standard InChI is InChI=1S/C24H27N3O3/c1-4-5-13-29-20-11-9-18(10-12-20)24-25-23(26-30-24)19-14-22(28)27(15-19)21-8-6-7-16(2)17(21)3/h6-12,19H,4-5,13-15H2,1-3H3. The molecular weight excluding hydrogens is 378 g/mol. The van der Waals surface area contributed by atoms with Crippen molar-refractivity contribution in [2.45, 2.75) is 46.0 Å². The van der Waals surface area contributed by atoms with Gasteiger partial charge in [-0.1, -0.05) is 30.6 Å². The Hall–Kier alpha value is -3.15. The first-order chi connectivity index (χ1) is 14.6. The zero-order chi connectivity index (χ0) is 21.1. The van der Waals surface area contributed by atoms with Crippen LogP contribution in [-0.4, -0.2) is 29.2 Å². The summed E-state index contributed by atoms with van der Waals surface area (Å²) in [6.07, 6.45) is 2.53. The monoisotopic (exact) mass is 405 g/mol. The highest BCUT2D eigenvalue weighted by Gasteiger charge is 2.35. The highest BCUT2D eigenvalue weighted by molar-refractivity contribution is 5.97. The molecule has 156 valence electrons. The molecule has 30 heavy (non-hydrogen) atoms. The number of aryl methyl sites for hydroxylation is 1. The van der Waals surface area contributed by atoms with Crippen LogP contribution in [0.2, 0.25) is 0 Å². The second kappa shape index (κ2) is 8.69. The highest BCUT2D eigenvalue weighted by Crippen LogP contribution is 2.34. The summed E-state index contributed by atoms with van der Waals surface area (Å²) >= 11 is 0. The van der Waals surface area contributed by atoms with E-state index >= 15 is 0 Å². The molecule has 0 saturated carbocycles. The maximum atomic E-state index is 12.7. The molecule has 1 atom stereocenters. The lowest BCUT2D eigenvalue weighted by atomic mass is 10.1. The number of anilines is 1. The van der Waals surface area contributed by atoms with Crippen LogP contribution in [0.3, 0.4) is 0 Å². The number of ether oxygens (including phenoxy) is 1. The molecule has 2 heterocycles. The molecule has 0 N–H and O–H groups in total.